The molecule has 0 spiro atoms. The number of carbonyl (C=O) groups is 1. The number of para-hydroxylation sites is 1. The zero-order valence-corrected chi connectivity index (χ0v) is 18.4. The molecule has 152 valence electrons. The molecule has 1 aromatic heterocycles. The summed E-state index contributed by atoms with van der Waals surface area (Å²) in [7, 11) is 0. The van der Waals surface area contributed by atoms with Gasteiger partial charge in [-0.3, -0.25) is 4.79 Å². The number of benzene rings is 3. The zero-order valence-electron chi connectivity index (χ0n) is 16.1. The fraction of sp³-hybridized carbons (Fsp3) is 0.130. The number of amides is 1. The van der Waals surface area contributed by atoms with E-state index in [1.54, 1.807) is 36.4 Å². The lowest BCUT2D eigenvalue weighted by molar-refractivity contribution is 0.102. The molecule has 4 nitrogen and oxygen atoms in total. The normalized spacial score (nSPS) is 10.9. The molecular formula is C23H18Cl2N2O2S. The number of nitrogens with zero attached hydrogens (tertiary/aromatic N) is 1. The van der Waals surface area contributed by atoms with E-state index < -0.39 is 0 Å². The van der Waals surface area contributed by atoms with Gasteiger partial charge in [0.25, 0.3) is 5.91 Å². The van der Waals surface area contributed by atoms with Crippen LogP contribution < -0.4 is 10.1 Å². The van der Waals surface area contributed by atoms with Crippen molar-refractivity contribution in [3.8, 4) is 16.3 Å². The Balaban J connectivity index is 1.59. The van der Waals surface area contributed by atoms with Crippen LogP contribution in [-0.4, -0.2) is 17.5 Å². The Bertz CT molecular complexity index is 1170. The van der Waals surface area contributed by atoms with Gasteiger partial charge in [-0.2, -0.15) is 0 Å². The summed E-state index contributed by atoms with van der Waals surface area (Å²) in [5.41, 5.74) is 2.61. The molecule has 0 saturated heterocycles. The number of carbonyl (C=O) groups excluding carboxylic acids is 1. The van der Waals surface area contributed by atoms with Gasteiger partial charge in [-0.1, -0.05) is 42.3 Å². The molecule has 0 fully saturated rings. The zero-order chi connectivity index (χ0) is 21.1. The summed E-state index contributed by atoms with van der Waals surface area (Å²) in [6.07, 6.45) is 0.925. The third kappa shape index (κ3) is 4.43. The van der Waals surface area contributed by atoms with Crippen molar-refractivity contribution in [2.75, 3.05) is 11.9 Å². The topological polar surface area (TPSA) is 51.2 Å². The number of thiazole rings is 1. The lowest BCUT2D eigenvalue weighted by Crippen LogP contribution is -2.12. The average molecular weight is 457 g/mol. The van der Waals surface area contributed by atoms with Gasteiger partial charge in [0.05, 0.1) is 32.6 Å². The second kappa shape index (κ2) is 9.04. The highest BCUT2D eigenvalue weighted by Crippen LogP contribution is 2.39. The van der Waals surface area contributed by atoms with Crippen molar-refractivity contribution in [1.29, 1.82) is 0 Å². The van der Waals surface area contributed by atoms with Crippen LogP contribution in [-0.2, 0) is 0 Å². The molecule has 1 heterocycles. The van der Waals surface area contributed by atoms with E-state index in [9.17, 15) is 4.79 Å². The first-order chi connectivity index (χ1) is 14.5. The summed E-state index contributed by atoms with van der Waals surface area (Å²) in [5, 5.41) is 4.48. The Morgan fingerprint density at radius 3 is 2.57 bits per heavy atom. The largest absolute Gasteiger partial charge is 0.494 e. The minimum absolute atomic E-state index is 0.267. The lowest BCUT2D eigenvalue weighted by Gasteiger charge is -2.11. The van der Waals surface area contributed by atoms with Gasteiger partial charge in [-0.25, -0.2) is 4.98 Å². The Morgan fingerprint density at radius 2 is 1.83 bits per heavy atom. The molecule has 4 rings (SSSR count). The molecule has 1 amide bonds. The minimum Gasteiger partial charge on any atom is -0.494 e. The highest BCUT2D eigenvalue weighted by atomic mass is 35.5. The van der Waals surface area contributed by atoms with Gasteiger partial charge in [0.2, 0.25) is 0 Å². The van der Waals surface area contributed by atoms with E-state index in [-0.39, 0.29) is 5.91 Å². The second-order valence-corrected chi connectivity index (χ2v) is 8.47. The van der Waals surface area contributed by atoms with E-state index >= 15 is 0 Å². The molecule has 0 aliphatic carbocycles. The molecule has 0 saturated carbocycles. The van der Waals surface area contributed by atoms with Gasteiger partial charge < -0.3 is 10.1 Å². The molecule has 0 aliphatic rings. The molecule has 4 aromatic rings. The van der Waals surface area contributed by atoms with Crippen molar-refractivity contribution in [3.63, 3.8) is 0 Å². The van der Waals surface area contributed by atoms with Crippen LogP contribution in [0, 0.1) is 0 Å². The third-order valence-electron chi connectivity index (χ3n) is 4.42. The van der Waals surface area contributed by atoms with Crippen molar-refractivity contribution in [2.24, 2.45) is 0 Å². The number of hydrogen-bond donors (Lipinski definition) is 1. The van der Waals surface area contributed by atoms with Crippen molar-refractivity contribution in [2.45, 2.75) is 13.3 Å². The molecule has 0 atom stereocenters. The first kappa shape index (κ1) is 20.7. The van der Waals surface area contributed by atoms with Crippen LogP contribution in [0.25, 0.3) is 20.8 Å². The molecule has 3 aromatic carbocycles. The fourth-order valence-electron chi connectivity index (χ4n) is 2.91. The average Bonchev–Trinajstić information content (AvgIpc) is 3.18. The molecule has 0 unspecified atom stereocenters. The van der Waals surface area contributed by atoms with Crippen LogP contribution in [0.15, 0.2) is 60.7 Å². The first-order valence-corrected chi connectivity index (χ1v) is 11.0. The van der Waals surface area contributed by atoms with Crippen molar-refractivity contribution >= 4 is 56.3 Å². The Hall–Kier alpha value is -2.60. The summed E-state index contributed by atoms with van der Waals surface area (Å²) in [5.74, 6) is 0.465. The molecule has 0 radical (unpaired) electrons. The predicted octanol–water partition coefficient (Wildman–Crippen LogP) is 7.31. The van der Waals surface area contributed by atoms with Gasteiger partial charge >= 0.3 is 0 Å². The van der Waals surface area contributed by atoms with E-state index in [4.69, 9.17) is 27.9 Å². The summed E-state index contributed by atoms with van der Waals surface area (Å²) in [6, 6.07) is 18.3. The predicted molar refractivity (Wildman–Crippen MR) is 125 cm³/mol. The van der Waals surface area contributed by atoms with E-state index in [0.717, 1.165) is 33.0 Å². The van der Waals surface area contributed by atoms with Crippen molar-refractivity contribution in [1.82, 2.24) is 4.98 Å². The molecule has 0 aliphatic heterocycles. The standard InChI is InChI=1S/C23H18Cl2N2O2S/c1-2-11-29-15-9-7-14(8-10-15)22(28)26-20-12-16(17(24)13-18(20)25)23-27-19-5-3-4-6-21(19)30-23/h3-10,12-13H,2,11H2,1H3,(H,26,28). The van der Waals surface area contributed by atoms with Crippen LogP contribution >= 0.6 is 34.5 Å². The van der Waals surface area contributed by atoms with Crippen LogP contribution in [0.3, 0.4) is 0 Å². The molecule has 30 heavy (non-hydrogen) atoms. The smallest absolute Gasteiger partial charge is 0.255 e. The number of halogens is 2. The highest BCUT2D eigenvalue weighted by Gasteiger charge is 2.15. The number of ether oxygens (including phenoxy) is 1. The van der Waals surface area contributed by atoms with Crippen molar-refractivity contribution in [3.05, 3.63) is 76.3 Å². The Labute approximate surface area is 188 Å². The first-order valence-electron chi connectivity index (χ1n) is 9.44. The number of nitrogens with one attached hydrogen (secondary N) is 1. The van der Waals surface area contributed by atoms with Gasteiger partial charge in [0.1, 0.15) is 10.8 Å². The molecule has 7 heteroatoms. The summed E-state index contributed by atoms with van der Waals surface area (Å²) >= 11 is 14.3. The van der Waals surface area contributed by atoms with E-state index in [2.05, 4.69) is 10.3 Å². The summed E-state index contributed by atoms with van der Waals surface area (Å²) < 4.78 is 6.62. The number of anilines is 1. The van der Waals surface area contributed by atoms with Gasteiger partial charge in [0, 0.05) is 11.1 Å². The quantitative estimate of drug-likeness (QED) is 0.330. The Kier molecular flexibility index (Phi) is 6.23. The molecule has 0 bridgehead atoms. The van der Waals surface area contributed by atoms with Gasteiger partial charge in [0.15, 0.2) is 0 Å². The summed E-state index contributed by atoms with van der Waals surface area (Å²) in [6.45, 7) is 2.68. The summed E-state index contributed by atoms with van der Waals surface area (Å²) in [4.78, 5) is 17.4. The van der Waals surface area contributed by atoms with Crippen LogP contribution in [0.5, 0.6) is 5.75 Å². The highest BCUT2D eigenvalue weighted by molar-refractivity contribution is 7.21. The van der Waals surface area contributed by atoms with Gasteiger partial charge in [-0.15, -0.1) is 11.3 Å². The van der Waals surface area contributed by atoms with Crippen LogP contribution in [0.1, 0.15) is 23.7 Å². The van der Waals surface area contributed by atoms with E-state index in [0.29, 0.717) is 27.9 Å². The van der Waals surface area contributed by atoms with E-state index in [1.807, 2.05) is 31.2 Å². The van der Waals surface area contributed by atoms with Crippen LogP contribution in [0.4, 0.5) is 5.69 Å². The fourth-order valence-corrected chi connectivity index (χ4v) is 4.48. The van der Waals surface area contributed by atoms with Crippen LogP contribution in [0.2, 0.25) is 10.0 Å². The lowest BCUT2D eigenvalue weighted by atomic mass is 10.1. The number of rotatable bonds is 6. The van der Waals surface area contributed by atoms with E-state index in [1.165, 1.54) is 11.3 Å². The molecular weight excluding hydrogens is 439 g/mol. The number of hydrogen-bond acceptors (Lipinski definition) is 4. The second-order valence-electron chi connectivity index (χ2n) is 6.63. The third-order valence-corrected chi connectivity index (χ3v) is 6.11. The Morgan fingerprint density at radius 1 is 1.07 bits per heavy atom. The number of fused-ring (bicyclic) bond motifs is 1. The SMILES string of the molecule is CCCOc1ccc(C(=O)Nc2cc(-c3nc4ccccc4s3)c(Cl)cc2Cl)cc1. The van der Waals surface area contributed by atoms with Crippen molar-refractivity contribution < 1.29 is 9.53 Å². The maximum absolute atomic E-state index is 12.7. The monoisotopic (exact) mass is 456 g/mol. The minimum atomic E-state index is -0.267. The molecule has 1 N–H and O–H groups in total. The maximum atomic E-state index is 12.7. The van der Waals surface area contributed by atoms with Gasteiger partial charge in [-0.05, 0) is 55.0 Å². The maximum Gasteiger partial charge on any atom is 0.255 e. The number of aromatic nitrogens is 1.